The summed E-state index contributed by atoms with van der Waals surface area (Å²) in [6.07, 6.45) is 1.31. The van der Waals surface area contributed by atoms with E-state index in [1.165, 1.54) is 24.3 Å². The van der Waals surface area contributed by atoms with Crippen molar-refractivity contribution < 1.29 is 14.1 Å². The molecule has 0 unspecified atom stereocenters. The van der Waals surface area contributed by atoms with E-state index in [4.69, 9.17) is 16.0 Å². The molecule has 0 atom stereocenters. The highest BCUT2D eigenvalue weighted by molar-refractivity contribution is 6.30. The number of carbonyl (C=O) groups is 1. The summed E-state index contributed by atoms with van der Waals surface area (Å²) in [5, 5.41) is 23.4. The zero-order chi connectivity index (χ0) is 21.0. The number of halogens is 1. The van der Waals surface area contributed by atoms with Crippen molar-refractivity contribution in [3.05, 3.63) is 86.6 Å². The van der Waals surface area contributed by atoms with E-state index in [0.717, 1.165) is 5.56 Å². The van der Waals surface area contributed by atoms with Crippen LogP contribution in [0, 0.1) is 28.4 Å². The largest absolute Gasteiger partial charge is 0.457 e. The molecule has 0 spiro atoms. The first-order valence-corrected chi connectivity index (χ1v) is 8.79. The number of benzene rings is 2. The molecule has 0 saturated carbocycles. The highest BCUT2D eigenvalue weighted by atomic mass is 35.5. The Kier molecular flexibility index (Phi) is 5.77. The number of aryl methyl sites for hydroxylation is 1. The van der Waals surface area contributed by atoms with Gasteiger partial charge in [0.2, 0.25) is 0 Å². The Morgan fingerprint density at radius 2 is 1.93 bits per heavy atom. The van der Waals surface area contributed by atoms with Gasteiger partial charge in [0.15, 0.2) is 0 Å². The highest BCUT2D eigenvalue weighted by Crippen LogP contribution is 2.26. The molecule has 3 aromatic rings. The lowest BCUT2D eigenvalue weighted by atomic mass is 10.1. The maximum Gasteiger partial charge on any atom is 0.271 e. The average Bonchev–Trinajstić information content (AvgIpc) is 3.16. The van der Waals surface area contributed by atoms with Crippen LogP contribution in [0.25, 0.3) is 17.4 Å². The lowest BCUT2D eigenvalue weighted by molar-refractivity contribution is -0.384. The molecule has 7 nitrogen and oxygen atoms in total. The van der Waals surface area contributed by atoms with E-state index >= 15 is 0 Å². The third-order valence-corrected chi connectivity index (χ3v) is 4.34. The Bertz CT molecular complexity index is 1160. The van der Waals surface area contributed by atoms with Crippen LogP contribution in [0.4, 0.5) is 11.4 Å². The molecule has 0 fully saturated rings. The number of non-ortho nitro benzene ring substituents is 1. The monoisotopic (exact) mass is 407 g/mol. The summed E-state index contributed by atoms with van der Waals surface area (Å²) >= 11 is 5.87. The number of hydrogen-bond acceptors (Lipinski definition) is 5. The van der Waals surface area contributed by atoms with Crippen molar-refractivity contribution in [2.75, 3.05) is 5.32 Å². The van der Waals surface area contributed by atoms with E-state index in [0.29, 0.717) is 22.1 Å². The predicted molar refractivity (Wildman–Crippen MR) is 109 cm³/mol. The number of furan rings is 1. The number of nitrogens with one attached hydrogen (secondary N) is 1. The van der Waals surface area contributed by atoms with Gasteiger partial charge >= 0.3 is 0 Å². The van der Waals surface area contributed by atoms with Crippen molar-refractivity contribution >= 4 is 35.0 Å². The molecule has 0 aliphatic rings. The van der Waals surface area contributed by atoms with E-state index < -0.39 is 10.8 Å². The van der Waals surface area contributed by atoms with Crippen LogP contribution < -0.4 is 5.32 Å². The average molecular weight is 408 g/mol. The summed E-state index contributed by atoms with van der Waals surface area (Å²) in [5.41, 5.74) is 1.32. The number of nitro groups is 1. The summed E-state index contributed by atoms with van der Waals surface area (Å²) in [5.74, 6) is 0.179. The molecule has 0 saturated heterocycles. The molecule has 8 heteroatoms. The molecule has 29 heavy (non-hydrogen) atoms. The number of anilines is 1. The summed E-state index contributed by atoms with van der Waals surface area (Å²) < 4.78 is 5.68. The SMILES string of the molecule is Cc1ccc([N+](=O)[O-])cc1NC(=O)C(C#N)=Cc1ccc(-c2ccc(Cl)cc2)o1. The zero-order valence-electron chi connectivity index (χ0n) is 15.2. The van der Waals surface area contributed by atoms with Crippen LogP contribution >= 0.6 is 11.6 Å². The molecule has 1 amide bonds. The molecule has 0 aliphatic carbocycles. The third kappa shape index (κ3) is 4.69. The summed E-state index contributed by atoms with van der Waals surface area (Å²) in [7, 11) is 0. The second kappa shape index (κ2) is 8.42. The van der Waals surface area contributed by atoms with Gasteiger partial charge in [0.1, 0.15) is 23.2 Å². The number of rotatable bonds is 5. The van der Waals surface area contributed by atoms with Gasteiger partial charge in [0.05, 0.1) is 10.6 Å². The summed E-state index contributed by atoms with van der Waals surface area (Å²) in [6, 6.07) is 16.3. The van der Waals surface area contributed by atoms with Crippen molar-refractivity contribution in [1.29, 1.82) is 5.26 Å². The van der Waals surface area contributed by atoms with Crippen LogP contribution in [0.2, 0.25) is 5.02 Å². The molecule has 1 heterocycles. The van der Waals surface area contributed by atoms with Crippen LogP contribution in [0.1, 0.15) is 11.3 Å². The Labute approximate surface area is 171 Å². The summed E-state index contributed by atoms with van der Waals surface area (Å²) in [6.45, 7) is 1.69. The van der Waals surface area contributed by atoms with Gasteiger partial charge in [0.25, 0.3) is 11.6 Å². The Hall–Kier alpha value is -3.89. The van der Waals surface area contributed by atoms with Gasteiger partial charge in [-0.05, 0) is 48.9 Å². The number of carbonyl (C=O) groups excluding carboxylic acids is 1. The molecule has 0 radical (unpaired) electrons. The lowest BCUT2D eigenvalue weighted by Gasteiger charge is -2.07. The Morgan fingerprint density at radius 1 is 1.21 bits per heavy atom. The molecular weight excluding hydrogens is 394 g/mol. The number of nitro benzene ring substituents is 1. The van der Waals surface area contributed by atoms with Crippen molar-refractivity contribution in [3.8, 4) is 17.4 Å². The smallest absolute Gasteiger partial charge is 0.271 e. The van der Waals surface area contributed by atoms with Gasteiger partial charge in [0, 0.05) is 28.8 Å². The van der Waals surface area contributed by atoms with Crippen LogP contribution in [0.3, 0.4) is 0 Å². The topological polar surface area (TPSA) is 109 Å². The molecule has 0 aliphatic heterocycles. The van der Waals surface area contributed by atoms with E-state index in [1.807, 2.05) is 6.07 Å². The quantitative estimate of drug-likeness (QED) is 0.265. The van der Waals surface area contributed by atoms with Crippen LogP contribution in [0.5, 0.6) is 0 Å². The van der Waals surface area contributed by atoms with Crippen molar-refractivity contribution in [1.82, 2.24) is 0 Å². The molecule has 1 aromatic heterocycles. The second-order valence-electron chi connectivity index (χ2n) is 6.09. The minimum atomic E-state index is -0.694. The van der Waals surface area contributed by atoms with Crippen molar-refractivity contribution in [3.63, 3.8) is 0 Å². The Balaban J connectivity index is 1.83. The Morgan fingerprint density at radius 3 is 2.59 bits per heavy atom. The van der Waals surface area contributed by atoms with Gasteiger partial charge < -0.3 is 9.73 Å². The van der Waals surface area contributed by atoms with E-state index in [1.54, 1.807) is 43.3 Å². The van der Waals surface area contributed by atoms with Crippen LogP contribution in [0.15, 0.2) is 64.6 Å². The second-order valence-corrected chi connectivity index (χ2v) is 6.53. The fraction of sp³-hybridized carbons (Fsp3) is 0.0476. The molecular formula is C21H14ClN3O4. The van der Waals surface area contributed by atoms with E-state index in [2.05, 4.69) is 5.32 Å². The first-order valence-electron chi connectivity index (χ1n) is 8.41. The number of hydrogen-bond donors (Lipinski definition) is 1. The third-order valence-electron chi connectivity index (χ3n) is 4.09. The maximum absolute atomic E-state index is 12.5. The maximum atomic E-state index is 12.5. The van der Waals surface area contributed by atoms with Gasteiger partial charge in [-0.1, -0.05) is 17.7 Å². The predicted octanol–water partition coefficient (Wildman–Crippen LogP) is 5.36. The molecule has 2 aromatic carbocycles. The standard InChI is InChI=1S/C21H14ClN3O4/c1-13-2-7-17(25(27)28)11-19(13)24-21(26)15(12-23)10-18-8-9-20(29-18)14-3-5-16(22)6-4-14/h2-11H,1H3,(H,24,26). The molecule has 144 valence electrons. The van der Waals surface area contributed by atoms with Crippen molar-refractivity contribution in [2.45, 2.75) is 6.92 Å². The van der Waals surface area contributed by atoms with Gasteiger partial charge in [-0.15, -0.1) is 0 Å². The van der Waals surface area contributed by atoms with Crippen LogP contribution in [-0.4, -0.2) is 10.8 Å². The molecule has 1 N–H and O–H groups in total. The minimum Gasteiger partial charge on any atom is -0.457 e. The molecule has 3 rings (SSSR count). The number of nitrogens with zero attached hydrogens (tertiary/aromatic N) is 2. The zero-order valence-corrected chi connectivity index (χ0v) is 15.9. The normalized spacial score (nSPS) is 11.0. The number of amides is 1. The first-order chi connectivity index (χ1) is 13.9. The number of nitriles is 1. The van der Waals surface area contributed by atoms with Gasteiger partial charge in [-0.25, -0.2) is 0 Å². The molecule has 0 bridgehead atoms. The fourth-order valence-corrected chi connectivity index (χ4v) is 2.66. The highest BCUT2D eigenvalue weighted by Gasteiger charge is 2.15. The summed E-state index contributed by atoms with van der Waals surface area (Å²) in [4.78, 5) is 22.8. The fourth-order valence-electron chi connectivity index (χ4n) is 2.54. The van der Waals surface area contributed by atoms with E-state index in [-0.39, 0.29) is 16.9 Å². The minimum absolute atomic E-state index is 0.160. The lowest BCUT2D eigenvalue weighted by Crippen LogP contribution is -2.14. The van der Waals surface area contributed by atoms with Gasteiger partial charge in [-0.2, -0.15) is 5.26 Å². The van der Waals surface area contributed by atoms with Gasteiger partial charge in [-0.3, -0.25) is 14.9 Å². The van der Waals surface area contributed by atoms with E-state index in [9.17, 15) is 20.2 Å². The van der Waals surface area contributed by atoms with Crippen molar-refractivity contribution in [2.24, 2.45) is 0 Å². The first kappa shape index (κ1) is 19.9. The van der Waals surface area contributed by atoms with Crippen LogP contribution in [-0.2, 0) is 4.79 Å².